The number of hydrogen-bond acceptors (Lipinski definition) is 4. The van der Waals surface area contributed by atoms with Crippen molar-refractivity contribution in [2.24, 2.45) is 0 Å². The van der Waals surface area contributed by atoms with Crippen molar-refractivity contribution in [2.75, 3.05) is 31.6 Å². The van der Waals surface area contributed by atoms with E-state index in [1.807, 2.05) is 19.9 Å². The summed E-state index contributed by atoms with van der Waals surface area (Å²) in [5, 5.41) is 2.62. The van der Waals surface area contributed by atoms with Gasteiger partial charge in [0.05, 0.1) is 25.0 Å². The number of carbonyl (C=O) groups is 2. The van der Waals surface area contributed by atoms with E-state index in [2.05, 4.69) is 5.32 Å². The Kier molecular flexibility index (Phi) is 5.16. The van der Waals surface area contributed by atoms with E-state index in [0.29, 0.717) is 37.7 Å². The number of anilines is 1. The van der Waals surface area contributed by atoms with Crippen molar-refractivity contribution in [2.45, 2.75) is 20.0 Å². The molecule has 2 amide bonds. The zero-order chi connectivity index (χ0) is 15.2. The number of amides is 2. The summed E-state index contributed by atoms with van der Waals surface area (Å²) in [6, 6.07) is 7.07. The third kappa shape index (κ3) is 4.19. The minimum atomic E-state index is -0.656. The second kappa shape index (κ2) is 7.08. The SMILES string of the molecule is CC(C)Oc1ccccc1NC(=O)C(=O)N1CCOCC1. The van der Waals surface area contributed by atoms with Crippen LogP contribution < -0.4 is 10.1 Å². The Hall–Kier alpha value is -2.08. The summed E-state index contributed by atoms with van der Waals surface area (Å²) in [4.78, 5) is 25.6. The van der Waals surface area contributed by atoms with Crippen LogP contribution in [0.4, 0.5) is 5.69 Å². The van der Waals surface area contributed by atoms with E-state index in [9.17, 15) is 9.59 Å². The van der Waals surface area contributed by atoms with Gasteiger partial charge in [-0.05, 0) is 26.0 Å². The average molecular weight is 292 g/mol. The Bertz CT molecular complexity index is 510. The molecule has 0 aromatic heterocycles. The summed E-state index contributed by atoms with van der Waals surface area (Å²) < 4.78 is 10.8. The number of benzene rings is 1. The Morgan fingerprint density at radius 2 is 1.90 bits per heavy atom. The lowest BCUT2D eigenvalue weighted by Gasteiger charge is -2.26. The Balaban J connectivity index is 2.03. The van der Waals surface area contributed by atoms with Crippen molar-refractivity contribution >= 4 is 17.5 Å². The lowest BCUT2D eigenvalue weighted by molar-refractivity contribution is -0.145. The standard InChI is InChI=1S/C15H20N2O4/c1-11(2)21-13-6-4-3-5-12(13)16-14(18)15(19)17-7-9-20-10-8-17/h3-6,11H,7-10H2,1-2H3,(H,16,18). The molecule has 1 aliphatic heterocycles. The topological polar surface area (TPSA) is 67.9 Å². The van der Waals surface area contributed by atoms with Gasteiger partial charge in [-0.1, -0.05) is 12.1 Å². The summed E-state index contributed by atoms with van der Waals surface area (Å²) in [5.74, 6) is -0.648. The smallest absolute Gasteiger partial charge is 0.314 e. The van der Waals surface area contributed by atoms with Crippen LogP contribution in [0.1, 0.15) is 13.8 Å². The van der Waals surface area contributed by atoms with Gasteiger partial charge < -0.3 is 19.7 Å². The molecule has 1 aromatic carbocycles. The lowest BCUT2D eigenvalue weighted by atomic mass is 10.2. The minimum absolute atomic E-state index is 0.0157. The summed E-state index contributed by atoms with van der Waals surface area (Å²) in [6.45, 7) is 5.61. The molecule has 0 atom stereocenters. The van der Waals surface area contributed by atoms with E-state index in [4.69, 9.17) is 9.47 Å². The van der Waals surface area contributed by atoms with Gasteiger partial charge >= 0.3 is 11.8 Å². The molecular weight excluding hydrogens is 272 g/mol. The van der Waals surface area contributed by atoms with Crippen molar-refractivity contribution in [1.29, 1.82) is 0 Å². The normalized spacial score (nSPS) is 14.9. The number of hydrogen-bond donors (Lipinski definition) is 1. The van der Waals surface area contributed by atoms with Crippen molar-refractivity contribution in [3.8, 4) is 5.75 Å². The molecule has 0 saturated carbocycles. The summed E-state index contributed by atoms with van der Waals surface area (Å²) in [5.41, 5.74) is 0.498. The molecule has 6 heteroatoms. The Morgan fingerprint density at radius 1 is 1.24 bits per heavy atom. The minimum Gasteiger partial charge on any atom is -0.489 e. The molecule has 1 fully saturated rings. The van der Waals surface area contributed by atoms with Crippen LogP contribution in [0.2, 0.25) is 0 Å². The number of nitrogens with one attached hydrogen (secondary N) is 1. The van der Waals surface area contributed by atoms with Gasteiger partial charge in [-0.25, -0.2) is 0 Å². The molecule has 0 aliphatic carbocycles. The Morgan fingerprint density at radius 3 is 2.57 bits per heavy atom. The van der Waals surface area contributed by atoms with Crippen LogP contribution in [0.5, 0.6) is 5.75 Å². The highest BCUT2D eigenvalue weighted by Gasteiger charge is 2.24. The zero-order valence-corrected chi connectivity index (χ0v) is 12.3. The third-order valence-corrected chi connectivity index (χ3v) is 2.99. The predicted octanol–water partition coefficient (Wildman–Crippen LogP) is 1.27. The maximum Gasteiger partial charge on any atom is 0.314 e. The van der Waals surface area contributed by atoms with Crippen molar-refractivity contribution in [3.63, 3.8) is 0 Å². The van der Waals surface area contributed by atoms with Crippen LogP contribution in [-0.2, 0) is 14.3 Å². The molecule has 2 rings (SSSR count). The first-order chi connectivity index (χ1) is 10.1. The molecule has 1 heterocycles. The lowest BCUT2D eigenvalue weighted by Crippen LogP contribution is -2.45. The maximum absolute atomic E-state index is 12.1. The second-order valence-electron chi connectivity index (χ2n) is 5.02. The van der Waals surface area contributed by atoms with Crippen LogP contribution >= 0.6 is 0 Å². The van der Waals surface area contributed by atoms with Crippen LogP contribution in [0.15, 0.2) is 24.3 Å². The van der Waals surface area contributed by atoms with Crippen LogP contribution in [0.25, 0.3) is 0 Å². The highest BCUT2D eigenvalue weighted by Crippen LogP contribution is 2.24. The molecule has 1 aromatic rings. The van der Waals surface area contributed by atoms with Gasteiger partial charge in [0.1, 0.15) is 5.75 Å². The summed E-state index contributed by atoms with van der Waals surface area (Å²) in [7, 11) is 0. The zero-order valence-electron chi connectivity index (χ0n) is 12.3. The largest absolute Gasteiger partial charge is 0.489 e. The van der Waals surface area contributed by atoms with E-state index in [1.165, 1.54) is 4.90 Å². The van der Waals surface area contributed by atoms with Gasteiger partial charge in [0.2, 0.25) is 0 Å². The fourth-order valence-electron chi connectivity index (χ4n) is 2.01. The van der Waals surface area contributed by atoms with Gasteiger partial charge in [0, 0.05) is 13.1 Å². The summed E-state index contributed by atoms with van der Waals surface area (Å²) >= 11 is 0. The van der Waals surface area contributed by atoms with Crippen molar-refractivity contribution in [1.82, 2.24) is 4.90 Å². The van der Waals surface area contributed by atoms with Crippen LogP contribution in [0.3, 0.4) is 0 Å². The molecule has 0 bridgehead atoms. The molecule has 1 saturated heterocycles. The van der Waals surface area contributed by atoms with E-state index in [-0.39, 0.29) is 6.10 Å². The van der Waals surface area contributed by atoms with Gasteiger partial charge in [-0.2, -0.15) is 0 Å². The average Bonchev–Trinajstić information content (AvgIpc) is 2.49. The van der Waals surface area contributed by atoms with E-state index < -0.39 is 11.8 Å². The van der Waals surface area contributed by atoms with Crippen molar-refractivity contribution < 1.29 is 19.1 Å². The Labute approximate surface area is 124 Å². The highest BCUT2D eigenvalue weighted by molar-refractivity contribution is 6.39. The molecule has 0 unspecified atom stereocenters. The molecule has 114 valence electrons. The van der Waals surface area contributed by atoms with Gasteiger partial charge in [-0.15, -0.1) is 0 Å². The predicted molar refractivity (Wildman–Crippen MR) is 78.2 cm³/mol. The van der Waals surface area contributed by atoms with Crippen molar-refractivity contribution in [3.05, 3.63) is 24.3 Å². The molecule has 0 radical (unpaired) electrons. The van der Waals surface area contributed by atoms with Crippen LogP contribution in [-0.4, -0.2) is 49.1 Å². The van der Waals surface area contributed by atoms with E-state index >= 15 is 0 Å². The second-order valence-corrected chi connectivity index (χ2v) is 5.02. The first-order valence-corrected chi connectivity index (χ1v) is 7.01. The fraction of sp³-hybridized carbons (Fsp3) is 0.467. The molecule has 0 spiro atoms. The van der Waals surface area contributed by atoms with Gasteiger partial charge in [-0.3, -0.25) is 9.59 Å². The molecule has 1 aliphatic rings. The third-order valence-electron chi connectivity index (χ3n) is 2.99. The number of carbonyl (C=O) groups excluding carboxylic acids is 2. The highest BCUT2D eigenvalue weighted by atomic mass is 16.5. The number of morpholine rings is 1. The quantitative estimate of drug-likeness (QED) is 0.852. The first kappa shape index (κ1) is 15.3. The van der Waals surface area contributed by atoms with Gasteiger partial charge in [0.25, 0.3) is 0 Å². The molecule has 6 nitrogen and oxygen atoms in total. The van der Waals surface area contributed by atoms with E-state index in [0.717, 1.165) is 0 Å². The number of rotatable bonds is 3. The first-order valence-electron chi connectivity index (χ1n) is 7.01. The van der Waals surface area contributed by atoms with E-state index in [1.54, 1.807) is 18.2 Å². The number of nitrogens with zero attached hydrogens (tertiary/aromatic N) is 1. The van der Waals surface area contributed by atoms with Crippen LogP contribution in [0, 0.1) is 0 Å². The number of ether oxygens (including phenoxy) is 2. The number of para-hydroxylation sites is 2. The maximum atomic E-state index is 12.1. The fourth-order valence-corrected chi connectivity index (χ4v) is 2.01. The molecule has 1 N–H and O–H groups in total. The molecule has 21 heavy (non-hydrogen) atoms. The summed E-state index contributed by atoms with van der Waals surface area (Å²) in [6.07, 6.45) is -0.0157. The van der Waals surface area contributed by atoms with Gasteiger partial charge in [0.15, 0.2) is 0 Å². The monoisotopic (exact) mass is 292 g/mol. The molecular formula is C15H20N2O4.